The lowest BCUT2D eigenvalue weighted by atomic mass is 9.87. The Bertz CT molecular complexity index is 1150. The number of rotatable bonds is 7. The van der Waals surface area contributed by atoms with Gasteiger partial charge in [-0.2, -0.15) is 0 Å². The van der Waals surface area contributed by atoms with Gasteiger partial charge in [0.15, 0.2) is 9.84 Å². The van der Waals surface area contributed by atoms with Crippen LogP contribution in [0.15, 0.2) is 60.7 Å². The van der Waals surface area contributed by atoms with Crippen LogP contribution in [0, 0.1) is 0 Å². The molecule has 2 atom stereocenters. The third kappa shape index (κ3) is 4.50. The third-order valence-electron chi connectivity index (χ3n) is 6.43. The number of hydrogen-bond acceptors (Lipinski definition) is 5. The number of carbonyl (C=O) groups excluding carboxylic acids is 3. The monoisotopic (exact) mass is 469 g/mol. The van der Waals surface area contributed by atoms with Crippen molar-refractivity contribution < 1.29 is 22.8 Å². The van der Waals surface area contributed by atoms with Crippen LogP contribution in [0.2, 0.25) is 0 Å². The SMILES string of the molecule is CC[C@]1(c2ccccc2)NC(=O)N(CC(=O)N(Cc2ccccc2)[C@H]2CCS(=O)(=O)C2)C1=O. The second kappa shape index (κ2) is 8.97. The van der Waals surface area contributed by atoms with Gasteiger partial charge in [-0.1, -0.05) is 67.6 Å². The van der Waals surface area contributed by atoms with Crippen LogP contribution in [0.25, 0.3) is 0 Å². The number of imide groups is 1. The van der Waals surface area contributed by atoms with Crippen LogP contribution >= 0.6 is 0 Å². The number of hydrogen-bond donors (Lipinski definition) is 1. The second-order valence-electron chi connectivity index (χ2n) is 8.51. The Kier molecular flexibility index (Phi) is 6.25. The minimum atomic E-state index is -3.23. The summed E-state index contributed by atoms with van der Waals surface area (Å²) in [4.78, 5) is 42.0. The number of urea groups is 1. The van der Waals surface area contributed by atoms with E-state index in [1.54, 1.807) is 24.3 Å². The topological polar surface area (TPSA) is 104 Å². The summed E-state index contributed by atoms with van der Waals surface area (Å²) in [5.74, 6) is -1.03. The Morgan fingerprint density at radius 1 is 1.09 bits per heavy atom. The van der Waals surface area contributed by atoms with Crippen LogP contribution in [0.5, 0.6) is 0 Å². The largest absolute Gasteiger partial charge is 0.333 e. The van der Waals surface area contributed by atoms with Crippen LogP contribution in [-0.2, 0) is 31.5 Å². The fourth-order valence-corrected chi connectivity index (χ4v) is 6.31. The van der Waals surface area contributed by atoms with Gasteiger partial charge in [-0.3, -0.25) is 14.5 Å². The number of carbonyl (C=O) groups is 3. The molecule has 2 fully saturated rings. The average molecular weight is 470 g/mol. The lowest BCUT2D eigenvalue weighted by molar-refractivity contribution is -0.140. The molecule has 0 bridgehead atoms. The quantitative estimate of drug-likeness (QED) is 0.625. The zero-order chi connectivity index (χ0) is 23.6. The van der Waals surface area contributed by atoms with Crippen LogP contribution < -0.4 is 5.32 Å². The molecular formula is C24H27N3O5S. The molecule has 2 saturated heterocycles. The molecule has 2 heterocycles. The second-order valence-corrected chi connectivity index (χ2v) is 10.7. The molecule has 0 radical (unpaired) electrons. The molecule has 33 heavy (non-hydrogen) atoms. The summed E-state index contributed by atoms with van der Waals surface area (Å²) < 4.78 is 24.2. The predicted octanol–water partition coefficient (Wildman–Crippen LogP) is 2.06. The maximum absolute atomic E-state index is 13.4. The lowest BCUT2D eigenvalue weighted by Gasteiger charge is -2.30. The standard InChI is InChI=1S/C24H27N3O5S/c1-2-24(19-11-7-4-8-12-19)22(29)27(23(30)25-24)16-21(28)26(15-18-9-5-3-6-10-18)20-13-14-33(31,32)17-20/h3-12,20H,2,13-17H2,1H3,(H,25,30)/t20-,24+/m0/s1. The Morgan fingerprint density at radius 2 is 1.73 bits per heavy atom. The number of benzene rings is 2. The first-order valence-corrected chi connectivity index (χ1v) is 12.8. The van der Waals surface area contributed by atoms with Gasteiger partial charge in [-0.15, -0.1) is 0 Å². The van der Waals surface area contributed by atoms with Crippen molar-refractivity contribution >= 4 is 27.7 Å². The van der Waals surface area contributed by atoms with Gasteiger partial charge in [0.2, 0.25) is 5.91 Å². The smallest absolute Gasteiger partial charge is 0.325 e. The van der Waals surface area contributed by atoms with E-state index < -0.39 is 45.8 Å². The van der Waals surface area contributed by atoms with Gasteiger partial charge in [0, 0.05) is 12.6 Å². The van der Waals surface area contributed by atoms with Crippen molar-refractivity contribution in [3.8, 4) is 0 Å². The van der Waals surface area contributed by atoms with Crippen molar-refractivity contribution in [1.82, 2.24) is 15.1 Å². The van der Waals surface area contributed by atoms with Crippen molar-refractivity contribution in [2.45, 2.75) is 37.9 Å². The maximum Gasteiger partial charge on any atom is 0.325 e. The Labute approximate surface area is 193 Å². The summed E-state index contributed by atoms with van der Waals surface area (Å²) in [6.07, 6.45) is 0.671. The van der Waals surface area contributed by atoms with Crippen molar-refractivity contribution in [1.29, 1.82) is 0 Å². The van der Waals surface area contributed by atoms with Crippen LogP contribution in [0.4, 0.5) is 4.79 Å². The molecule has 8 nitrogen and oxygen atoms in total. The summed E-state index contributed by atoms with van der Waals surface area (Å²) in [7, 11) is -3.23. The van der Waals surface area contributed by atoms with E-state index in [4.69, 9.17) is 0 Å². The fraction of sp³-hybridized carbons (Fsp3) is 0.375. The van der Waals surface area contributed by atoms with E-state index in [0.717, 1.165) is 10.5 Å². The van der Waals surface area contributed by atoms with Crippen molar-refractivity contribution in [2.24, 2.45) is 0 Å². The number of nitrogens with zero attached hydrogens (tertiary/aromatic N) is 2. The molecule has 0 aromatic heterocycles. The van der Waals surface area contributed by atoms with Gasteiger partial charge in [0.25, 0.3) is 5.91 Å². The van der Waals surface area contributed by atoms with Crippen molar-refractivity contribution in [2.75, 3.05) is 18.1 Å². The Morgan fingerprint density at radius 3 is 2.30 bits per heavy atom. The first kappa shape index (κ1) is 23.0. The molecule has 4 rings (SSSR count). The lowest BCUT2D eigenvalue weighted by Crippen LogP contribution is -2.48. The summed E-state index contributed by atoms with van der Waals surface area (Å²) in [5.41, 5.74) is 0.280. The molecule has 9 heteroatoms. The van der Waals surface area contributed by atoms with Crippen molar-refractivity contribution in [3.05, 3.63) is 71.8 Å². The summed E-state index contributed by atoms with van der Waals surface area (Å²) in [5, 5.41) is 2.78. The highest BCUT2D eigenvalue weighted by Crippen LogP contribution is 2.32. The highest BCUT2D eigenvalue weighted by atomic mass is 32.2. The highest BCUT2D eigenvalue weighted by Gasteiger charge is 2.52. The van der Waals surface area contributed by atoms with E-state index in [2.05, 4.69) is 5.32 Å². The molecule has 0 unspecified atom stereocenters. The minimum Gasteiger partial charge on any atom is -0.333 e. The van der Waals surface area contributed by atoms with Gasteiger partial charge >= 0.3 is 6.03 Å². The zero-order valence-corrected chi connectivity index (χ0v) is 19.3. The van der Waals surface area contributed by atoms with Gasteiger partial charge in [0.1, 0.15) is 12.1 Å². The van der Waals surface area contributed by atoms with E-state index >= 15 is 0 Å². The molecule has 2 aliphatic heterocycles. The molecule has 2 aromatic rings. The zero-order valence-electron chi connectivity index (χ0n) is 18.4. The molecule has 2 aliphatic rings. The molecule has 2 aromatic carbocycles. The molecule has 0 spiro atoms. The van der Waals surface area contributed by atoms with Crippen molar-refractivity contribution in [3.63, 3.8) is 0 Å². The summed E-state index contributed by atoms with van der Waals surface area (Å²) in [6, 6.07) is 17.1. The van der Waals surface area contributed by atoms with Crippen LogP contribution in [-0.4, -0.2) is 60.2 Å². The highest BCUT2D eigenvalue weighted by molar-refractivity contribution is 7.91. The number of nitrogens with one attached hydrogen (secondary N) is 1. The molecular weight excluding hydrogens is 442 g/mol. The first-order valence-electron chi connectivity index (χ1n) is 11.0. The van der Waals surface area contributed by atoms with E-state index in [-0.39, 0.29) is 18.1 Å². The number of amides is 4. The average Bonchev–Trinajstić information content (AvgIpc) is 3.30. The van der Waals surface area contributed by atoms with Crippen LogP contribution in [0.3, 0.4) is 0 Å². The Balaban J connectivity index is 1.58. The van der Waals surface area contributed by atoms with Crippen LogP contribution in [0.1, 0.15) is 30.9 Å². The molecule has 0 saturated carbocycles. The van der Waals surface area contributed by atoms with E-state index in [9.17, 15) is 22.8 Å². The normalized spacial score (nSPS) is 24.0. The van der Waals surface area contributed by atoms with E-state index in [1.165, 1.54) is 4.90 Å². The van der Waals surface area contributed by atoms with Gasteiger partial charge in [-0.05, 0) is 24.0 Å². The van der Waals surface area contributed by atoms with E-state index in [0.29, 0.717) is 18.4 Å². The molecule has 0 aliphatic carbocycles. The molecule has 4 amide bonds. The molecule has 174 valence electrons. The van der Waals surface area contributed by atoms with E-state index in [1.807, 2.05) is 43.3 Å². The number of sulfone groups is 1. The molecule has 1 N–H and O–H groups in total. The predicted molar refractivity (Wildman–Crippen MR) is 123 cm³/mol. The fourth-order valence-electron chi connectivity index (χ4n) is 4.58. The van der Waals surface area contributed by atoms with Gasteiger partial charge in [0.05, 0.1) is 11.5 Å². The van der Waals surface area contributed by atoms with Gasteiger partial charge < -0.3 is 10.2 Å². The summed E-state index contributed by atoms with van der Waals surface area (Å²) in [6.45, 7) is 1.57. The Hall–Kier alpha value is -3.20. The summed E-state index contributed by atoms with van der Waals surface area (Å²) >= 11 is 0. The van der Waals surface area contributed by atoms with Gasteiger partial charge in [-0.25, -0.2) is 13.2 Å². The first-order chi connectivity index (χ1) is 15.8. The minimum absolute atomic E-state index is 0.0202. The third-order valence-corrected chi connectivity index (χ3v) is 8.18. The maximum atomic E-state index is 13.4.